The van der Waals surface area contributed by atoms with Gasteiger partial charge in [0.2, 0.25) is 0 Å². The third kappa shape index (κ3) is 3.99. The molecule has 0 aromatic heterocycles. The number of hydrogen-bond donors (Lipinski definition) is 1. The lowest BCUT2D eigenvalue weighted by Crippen LogP contribution is -2.14. The van der Waals surface area contributed by atoms with Crippen molar-refractivity contribution < 1.29 is 9.53 Å². The molecule has 3 nitrogen and oxygen atoms in total. The first-order valence-corrected chi connectivity index (χ1v) is 7.16. The molecule has 5 heteroatoms. The zero-order valence-corrected chi connectivity index (χ0v) is 13.2. The topological polar surface area (TPSA) is 38.3 Å². The Morgan fingerprint density at radius 2 is 2.00 bits per heavy atom. The van der Waals surface area contributed by atoms with Crippen LogP contribution in [0.15, 0.2) is 46.9 Å². The number of ether oxygens (including phenoxy) is 1. The van der Waals surface area contributed by atoms with E-state index >= 15 is 0 Å². The summed E-state index contributed by atoms with van der Waals surface area (Å²) in [6, 6.07) is 13.0. The van der Waals surface area contributed by atoms with Crippen LogP contribution in [0.5, 0.6) is 0 Å². The van der Waals surface area contributed by atoms with E-state index in [1.165, 1.54) is 0 Å². The Balaban J connectivity index is 1.97. The standard InChI is InChI=1S/C15H13BrClNO2/c1-10-7-14(13(17)8-12(10)16)18-15(19)20-9-11-5-3-2-4-6-11/h2-8H,9H2,1H3,(H,18,19). The Kier molecular flexibility index (Phi) is 5.04. The molecule has 20 heavy (non-hydrogen) atoms. The minimum absolute atomic E-state index is 0.222. The average molecular weight is 355 g/mol. The van der Waals surface area contributed by atoms with Crippen LogP contribution in [-0.4, -0.2) is 6.09 Å². The van der Waals surface area contributed by atoms with Gasteiger partial charge in [0.15, 0.2) is 0 Å². The van der Waals surface area contributed by atoms with Gasteiger partial charge in [-0.15, -0.1) is 0 Å². The predicted molar refractivity (Wildman–Crippen MR) is 84.1 cm³/mol. The lowest BCUT2D eigenvalue weighted by molar-refractivity contribution is 0.155. The highest BCUT2D eigenvalue weighted by molar-refractivity contribution is 9.10. The fourth-order valence-electron chi connectivity index (χ4n) is 1.62. The molecule has 0 saturated heterocycles. The van der Waals surface area contributed by atoms with Gasteiger partial charge in [0.05, 0.1) is 10.7 Å². The summed E-state index contributed by atoms with van der Waals surface area (Å²) >= 11 is 9.44. The first-order valence-electron chi connectivity index (χ1n) is 5.99. The number of nitrogens with one attached hydrogen (secondary N) is 1. The van der Waals surface area contributed by atoms with Gasteiger partial charge < -0.3 is 4.74 Å². The van der Waals surface area contributed by atoms with Crippen molar-refractivity contribution >= 4 is 39.3 Å². The second-order valence-corrected chi connectivity index (χ2v) is 5.53. The molecule has 2 aromatic rings. The van der Waals surface area contributed by atoms with Gasteiger partial charge in [0.25, 0.3) is 0 Å². The van der Waals surface area contributed by atoms with Gasteiger partial charge >= 0.3 is 6.09 Å². The van der Waals surface area contributed by atoms with Crippen LogP contribution in [0.1, 0.15) is 11.1 Å². The van der Waals surface area contributed by atoms with Gasteiger partial charge in [-0.2, -0.15) is 0 Å². The van der Waals surface area contributed by atoms with Crippen molar-refractivity contribution in [3.05, 3.63) is 63.1 Å². The minimum Gasteiger partial charge on any atom is -0.444 e. The van der Waals surface area contributed by atoms with Gasteiger partial charge in [-0.1, -0.05) is 57.9 Å². The summed E-state index contributed by atoms with van der Waals surface area (Å²) in [5, 5.41) is 3.09. The van der Waals surface area contributed by atoms with Crippen LogP contribution in [0, 0.1) is 6.92 Å². The van der Waals surface area contributed by atoms with E-state index in [1.807, 2.05) is 37.3 Å². The lowest BCUT2D eigenvalue weighted by atomic mass is 10.2. The molecular weight excluding hydrogens is 342 g/mol. The highest BCUT2D eigenvalue weighted by Crippen LogP contribution is 2.29. The summed E-state index contributed by atoms with van der Waals surface area (Å²) in [4.78, 5) is 11.7. The van der Waals surface area contributed by atoms with Crippen molar-refractivity contribution in [1.82, 2.24) is 0 Å². The predicted octanol–water partition coefficient (Wildman–Crippen LogP) is 5.16. The van der Waals surface area contributed by atoms with E-state index in [4.69, 9.17) is 16.3 Å². The molecule has 0 aliphatic heterocycles. The normalized spacial score (nSPS) is 10.2. The van der Waals surface area contributed by atoms with Crippen LogP contribution >= 0.6 is 27.5 Å². The molecule has 0 spiro atoms. The molecule has 0 fully saturated rings. The van der Waals surface area contributed by atoms with E-state index in [-0.39, 0.29) is 6.61 Å². The zero-order chi connectivity index (χ0) is 14.5. The van der Waals surface area contributed by atoms with Crippen molar-refractivity contribution in [1.29, 1.82) is 0 Å². The molecule has 2 rings (SSSR count). The molecule has 0 radical (unpaired) electrons. The van der Waals surface area contributed by atoms with E-state index in [0.29, 0.717) is 10.7 Å². The third-order valence-corrected chi connectivity index (χ3v) is 3.86. The second-order valence-electron chi connectivity index (χ2n) is 4.27. The Bertz CT molecular complexity index is 617. The molecule has 0 heterocycles. The van der Waals surface area contributed by atoms with Crippen molar-refractivity contribution in [2.24, 2.45) is 0 Å². The smallest absolute Gasteiger partial charge is 0.412 e. The molecule has 0 saturated carbocycles. The monoisotopic (exact) mass is 353 g/mol. The fourth-order valence-corrected chi connectivity index (χ4v) is 2.31. The number of carbonyl (C=O) groups is 1. The number of halogens is 2. The van der Waals surface area contributed by atoms with Crippen LogP contribution in [-0.2, 0) is 11.3 Å². The lowest BCUT2D eigenvalue weighted by Gasteiger charge is -2.10. The number of hydrogen-bond acceptors (Lipinski definition) is 2. The molecule has 0 aliphatic carbocycles. The van der Waals surface area contributed by atoms with Gasteiger partial charge in [-0.25, -0.2) is 4.79 Å². The summed E-state index contributed by atoms with van der Waals surface area (Å²) in [5.74, 6) is 0. The molecule has 0 atom stereocenters. The molecule has 1 N–H and O–H groups in total. The molecule has 1 amide bonds. The average Bonchev–Trinajstić information content (AvgIpc) is 2.44. The van der Waals surface area contributed by atoms with Crippen LogP contribution in [0.4, 0.5) is 10.5 Å². The number of aryl methyl sites for hydroxylation is 1. The van der Waals surface area contributed by atoms with Crippen molar-refractivity contribution in [2.75, 3.05) is 5.32 Å². The maximum absolute atomic E-state index is 11.7. The van der Waals surface area contributed by atoms with E-state index < -0.39 is 6.09 Å². The number of anilines is 1. The number of rotatable bonds is 3. The molecule has 0 aliphatic rings. The molecular formula is C15H13BrClNO2. The first-order chi connectivity index (χ1) is 9.56. The third-order valence-electron chi connectivity index (χ3n) is 2.70. The van der Waals surface area contributed by atoms with E-state index in [2.05, 4.69) is 21.2 Å². The fraction of sp³-hybridized carbons (Fsp3) is 0.133. The minimum atomic E-state index is -0.530. The number of carbonyl (C=O) groups excluding carboxylic acids is 1. The van der Waals surface area contributed by atoms with Gasteiger partial charge in [0.1, 0.15) is 6.61 Å². The molecule has 0 unspecified atom stereocenters. The summed E-state index contributed by atoms with van der Waals surface area (Å²) in [7, 11) is 0. The number of amides is 1. The Morgan fingerprint density at radius 3 is 2.70 bits per heavy atom. The van der Waals surface area contributed by atoms with Crippen LogP contribution in [0.2, 0.25) is 5.02 Å². The Hall–Kier alpha value is -1.52. The van der Waals surface area contributed by atoms with E-state index in [1.54, 1.807) is 12.1 Å². The quantitative estimate of drug-likeness (QED) is 0.827. The Labute approximate surface area is 131 Å². The summed E-state index contributed by atoms with van der Waals surface area (Å²) in [5.41, 5.74) is 2.44. The SMILES string of the molecule is Cc1cc(NC(=O)OCc2ccccc2)c(Cl)cc1Br. The van der Waals surface area contributed by atoms with Crippen molar-refractivity contribution in [2.45, 2.75) is 13.5 Å². The second kappa shape index (κ2) is 6.77. The van der Waals surface area contributed by atoms with Gasteiger partial charge in [-0.05, 0) is 30.2 Å². The largest absolute Gasteiger partial charge is 0.444 e. The first kappa shape index (κ1) is 14.9. The summed E-state index contributed by atoms with van der Waals surface area (Å²) < 4.78 is 6.03. The van der Waals surface area contributed by atoms with Crippen LogP contribution in [0.25, 0.3) is 0 Å². The highest BCUT2D eigenvalue weighted by Gasteiger charge is 2.09. The van der Waals surface area contributed by atoms with E-state index in [0.717, 1.165) is 15.6 Å². The van der Waals surface area contributed by atoms with Crippen LogP contribution < -0.4 is 5.32 Å². The van der Waals surface area contributed by atoms with Gasteiger partial charge in [0, 0.05) is 4.47 Å². The summed E-state index contributed by atoms with van der Waals surface area (Å²) in [6.07, 6.45) is -0.530. The summed E-state index contributed by atoms with van der Waals surface area (Å²) in [6.45, 7) is 2.14. The van der Waals surface area contributed by atoms with Crippen molar-refractivity contribution in [3.63, 3.8) is 0 Å². The zero-order valence-electron chi connectivity index (χ0n) is 10.8. The molecule has 0 bridgehead atoms. The van der Waals surface area contributed by atoms with Crippen LogP contribution in [0.3, 0.4) is 0 Å². The molecule has 104 valence electrons. The number of benzene rings is 2. The van der Waals surface area contributed by atoms with Crippen molar-refractivity contribution in [3.8, 4) is 0 Å². The highest BCUT2D eigenvalue weighted by atomic mass is 79.9. The van der Waals surface area contributed by atoms with E-state index in [9.17, 15) is 4.79 Å². The maximum Gasteiger partial charge on any atom is 0.412 e. The Morgan fingerprint density at radius 1 is 1.30 bits per heavy atom. The van der Waals surface area contributed by atoms with Gasteiger partial charge in [-0.3, -0.25) is 5.32 Å². The maximum atomic E-state index is 11.7. The molecule has 2 aromatic carbocycles.